The summed E-state index contributed by atoms with van der Waals surface area (Å²) in [6, 6.07) is 5.55. The molecular weight excluding hydrogens is 269 g/mol. The Morgan fingerprint density at radius 1 is 1.33 bits per heavy atom. The smallest absolute Gasteiger partial charge is 0.128 e. The van der Waals surface area contributed by atoms with Crippen molar-refractivity contribution < 1.29 is 0 Å². The lowest BCUT2D eigenvalue weighted by atomic mass is 10.3. The number of aromatic nitrogens is 2. The van der Waals surface area contributed by atoms with Gasteiger partial charge in [-0.3, -0.25) is 0 Å². The van der Waals surface area contributed by atoms with E-state index in [9.17, 15) is 0 Å². The van der Waals surface area contributed by atoms with Gasteiger partial charge in [-0.1, -0.05) is 36.2 Å². The van der Waals surface area contributed by atoms with E-state index in [1.54, 1.807) is 6.07 Å². The molecule has 0 amide bonds. The Kier molecular flexibility index (Phi) is 4.50. The molecule has 0 saturated carbocycles. The molecule has 5 heteroatoms. The van der Waals surface area contributed by atoms with Crippen LogP contribution in [0.25, 0.3) is 0 Å². The molecule has 0 saturated heterocycles. The fourth-order valence-corrected chi connectivity index (χ4v) is 2.13. The van der Waals surface area contributed by atoms with Crippen molar-refractivity contribution >= 4 is 28.9 Å². The van der Waals surface area contributed by atoms with Gasteiger partial charge in [0.2, 0.25) is 0 Å². The number of hydrogen-bond donors (Lipinski definition) is 1. The monoisotopic (exact) mass is 283 g/mol. The van der Waals surface area contributed by atoms with Gasteiger partial charge >= 0.3 is 0 Å². The summed E-state index contributed by atoms with van der Waals surface area (Å²) in [7, 11) is 0. The number of nitrogens with zero attached hydrogens (tertiary/aromatic N) is 2. The maximum absolute atomic E-state index is 6.11. The zero-order valence-corrected chi connectivity index (χ0v) is 11.7. The third kappa shape index (κ3) is 2.98. The lowest BCUT2D eigenvalue weighted by Gasteiger charge is -2.10. The number of nitrogens with one attached hydrogen (secondary N) is 1. The number of aryl methyl sites for hydroxylation is 1. The fraction of sp³-hybridized carbons (Fsp3) is 0.308. The molecule has 0 radical (unpaired) electrons. The molecule has 0 spiro atoms. The first-order valence-electron chi connectivity index (χ1n) is 5.90. The number of rotatable bonds is 5. The molecule has 0 aliphatic rings. The van der Waals surface area contributed by atoms with Crippen LogP contribution in [0.4, 0.5) is 5.69 Å². The SMILES string of the molecule is CCCn1ccnc1CNc1cccc(Cl)c1Cl. The Labute approximate surface area is 117 Å². The molecule has 3 nitrogen and oxygen atoms in total. The number of halogens is 2. The van der Waals surface area contributed by atoms with Gasteiger partial charge in [0.1, 0.15) is 5.82 Å². The quantitative estimate of drug-likeness (QED) is 0.891. The van der Waals surface area contributed by atoms with Crippen LogP contribution in [0.1, 0.15) is 19.2 Å². The average Bonchev–Trinajstić information content (AvgIpc) is 2.79. The van der Waals surface area contributed by atoms with E-state index in [0.717, 1.165) is 24.5 Å². The Morgan fingerprint density at radius 2 is 2.17 bits per heavy atom. The predicted octanol–water partition coefficient (Wildman–Crippen LogP) is 4.21. The minimum atomic E-state index is 0.549. The van der Waals surface area contributed by atoms with Crippen molar-refractivity contribution in [1.82, 2.24) is 9.55 Å². The Bertz CT molecular complexity index is 523. The summed E-state index contributed by atoms with van der Waals surface area (Å²) < 4.78 is 2.13. The molecule has 0 unspecified atom stereocenters. The van der Waals surface area contributed by atoms with Gasteiger partial charge in [-0.25, -0.2) is 4.98 Å². The van der Waals surface area contributed by atoms with Crippen LogP contribution in [0.15, 0.2) is 30.6 Å². The van der Waals surface area contributed by atoms with E-state index in [2.05, 4.69) is 21.8 Å². The van der Waals surface area contributed by atoms with Gasteiger partial charge in [-0.2, -0.15) is 0 Å². The topological polar surface area (TPSA) is 29.9 Å². The normalized spacial score (nSPS) is 10.6. The fourth-order valence-electron chi connectivity index (χ4n) is 1.77. The van der Waals surface area contributed by atoms with Crippen LogP contribution in [-0.4, -0.2) is 9.55 Å². The maximum atomic E-state index is 6.11. The first-order valence-corrected chi connectivity index (χ1v) is 6.66. The highest BCUT2D eigenvalue weighted by Gasteiger charge is 2.06. The summed E-state index contributed by atoms with van der Waals surface area (Å²) in [5, 5.41) is 4.36. The third-order valence-corrected chi connectivity index (χ3v) is 3.47. The molecule has 1 aromatic carbocycles. The lowest BCUT2D eigenvalue weighted by molar-refractivity contribution is 0.644. The second-order valence-electron chi connectivity index (χ2n) is 3.99. The van der Waals surface area contributed by atoms with Crippen molar-refractivity contribution in [3.8, 4) is 0 Å². The van der Waals surface area contributed by atoms with E-state index in [1.165, 1.54) is 0 Å². The van der Waals surface area contributed by atoms with Gasteiger partial charge in [-0.15, -0.1) is 0 Å². The first kappa shape index (κ1) is 13.2. The zero-order chi connectivity index (χ0) is 13.0. The van der Waals surface area contributed by atoms with Crippen molar-refractivity contribution in [2.45, 2.75) is 26.4 Å². The molecule has 0 bridgehead atoms. The number of imidazole rings is 1. The van der Waals surface area contributed by atoms with Gasteiger partial charge < -0.3 is 9.88 Å². The highest BCUT2D eigenvalue weighted by Crippen LogP contribution is 2.29. The number of benzene rings is 1. The summed E-state index contributed by atoms with van der Waals surface area (Å²) >= 11 is 12.1. The molecule has 0 fully saturated rings. The second-order valence-corrected chi connectivity index (χ2v) is 4.78. The van der Waals surface area contributed by atoms with Gasteiger partial charge in [0.15, 0.2) is 0 Å². The summed E-state index contributed by atoms with van der Waals surface area (Å²) in [6.07, 6.45) is 4.88. The molecule has 1 aromatic heterocycles. The van der Waals surface area contributed by atoms with Crippen molar-refractivity contribution in [2.75, 3.05) is 5.32 Å². The standard InChI is InChI=1S/C13H15Cl2N3/c1-2-7-18-8-6-16-12(18)9-17-11-5-3-4-10(14)13(11)15/h3-6,8,17H,2,7,9H2,1H3. The zero-order valence-electron chi connectivity index (χ0n) is 10.2. The van der Waals surface area contributed by atoms with Gasteiger partial charge in [0.25, 0.3) is 0 Å². The highest BCUT2D eigenvalue weighted by atomic mass is 35.5. The van der Waals surface area contributed by atoms with E-state index in [0.29, 0.717) is 16.6 Å². The van der Waals surface area contributed by atoms with E-state index in [4.69, 9.17) is 23.2 Å². The van der Waals surface area contributed by atoms with Gasteiger partial charge in [0, 0.05) is 18.9 Å². The van der Waals surface area contributed by atoms with E-state index >= 15 is 0 Å². The third-order valence-electron chi connectivity index (χ3n) is 2.65. The first-order chi connectivity index (χ1) is 8.72. The summed E-state index contributed by atoms with van der Waals surface area (Å²) in [5.74, 6) is 0.993. The van der Waals surface area contributed by atoms with Crippen molar-refractivity contribution in [2.24, 2.45) is 0 Å². The highest BCUT2D eigenvalue weighted by molar-refractivity contribution is 6.43. The van der Waals surface area contributed by atoms with Crippen LogP contribution in [0.3, 0.4) is 0 Å². The molecule has 96 valence electrons. The molecule has 2 rings (SSSR count). The second kappa shape index (κ2) is 6.12. The largest absolute Gasteiger partial charge is 0.377 e. The van der Waals surface area contributed by atoms with Crippen LogP contribution in [0.5, 0.6) is 0 Å². The van der Waals surface area contributed by atoms with E-state index in [-0.39, 0.29) is 0 Å². The van der Waals surface area contributed by atoms with Crippen molar-refractivity contribution in [1.29, 1.82) is 0 Å². The molecule has 0 aliphatic carbocycles. The Morgan fingerprint density at radius 3 is 2.94 bits per heavy atom. The molecule has 2 aromatic rings. The minimum absolute atomic E-state index is 0.549. The van der Waals surface area contributed by atoms with Crippen molar-refractivity contribution in [3.05, 3.63) is 46.5 Å². The Balaban J connectivity index is 2.07. The average molecular weight is 284 g/mol. The van der Waals surface area contributed by atoms with E-state index in [1.807, 2.05) is 24.5 Å². The molecule has 18 heavy (non-hydrogen) atoms. The number of hydrogen-bond acceptors (Lipinski definition) is 2. The van der Waals surface area contributed by atoms with Crippen LogP contribution >= 0.6 is 23.2 Å². The van der Waals surface area contributed by atoms with Crippen LogP contribution in [0, 0.1) is 0 Å². The number of anilines is 1. The van der Waals surface area contributed by atoms with Gasteiger partial charge in [0.05, 0.1) is 22.3 Å². The summed E-state index contributed by atoms with van der Waals surface area (Å²) in [5.41, 5.74) is 0.829. The molecule has 1 N–H and O–H groups in total. The van der Waals surface area contributed by atoms with Crippen LogP contribution < -0.4 is 5.32 Å². The summed E-state index contributed by atoms with van der Waals surface area (Å²) in [6.45, 7) is 3.75. The molecule has 0 atom stereocenters. The minimum Gasteiger partial charge on any atom is -0.377 e. The molecule has 1 heterocycles. The van der Waals surface area contributed by atoms with Crippen molar-refractivity contribution in [3.63, 3.8) is 0 Å². The van der Waals surface area contributed by atoms with Gasteiger partial charge in [-0.05, 0) is 18.6 Å². The van der Waals surface area contributed by atoms with E-state index < -0.39 is 0 Å². The molecular formula is C13H15Cl2N3. The van der Waals surface area contributed by atoms with Crippen LogP contribution in [-0.2, 0) is 13.1 Å². The van der Waals surface area contributed by atoms with Crippen LogP contribution in [0.2, 0.25) is 10.0 Å². The Hall–Kier alpha value is -1.19. The summed E-state index contributed by atoms with van der Waals surface area (Å²) in [4.78, 5) is 4.33. The predicted molar refractivity (Wildman–Crippen MR) is 76.3 cm³/mol. The lowest BCUT2D eigenvalue weighted by Crippen LogP contribution is -2.08. The molecule has 0 aliphatic heterocycles. The maximum Gasteiger partial charge on any atom is 0.128 e.